The maximum atomic E-state index is 13.0. The summed E-state index contributed by atoms with van der Waals surface area (Å²) in [4.78, 5) is 16.0. The fourth-order valence-electron chi connectivity index (χ4n) is 2.95. The Labute approximate surface area is 145 Å². The van der Waals surface area contributed by atoms with Crippen molar-refractivity contribution in [3.63, 3.8) is 0 Å². The minimum Gasteiger partial charge on any atom is -0.468 e. The number of carbonyl (C=O) groups excluding carboxylic acids is 1. The van der Waals surface area contributed by atoms with Gasteiger partial charge in [-0.15, -0.1) is 11.8 Å². The van der Waals surface area contributed by atoms with Crippen LogP contribution in [0, 0.1) is 0 Å². The van der Waals surface area contributed by atoms with E-state index in [1.807, 2.05) is 53.4 Å². The lowest BCUT2D eigenvalue weighted by atomic mass is 10.1. The minimum absolute atomic E-state index is 0.00873. The van der Waals surface area contributed by atoms with Crippen molar-refractivity contribution in [1.29, 1.82) is 0 Å². The fraction of sp³-hybridized carbons (Fsp3) is 0.150. The number of fused-ring (bicyclic) bond motifs is 1. The Balaban J connectivity index is 1.71. The second-order valence-corrected chi connectivity index (χ2v) is 7.00. The number of carbonyl (C=O) groups is 1. The minimum atomic E-state index is 0.00873. The van der Waals surface area contributed by atoms with Crippen molar-refractivity contribution in [3.05, 3.63) is 84.3 Å². The van der Waals surface area contributed by atoms with Crippen molar-refractivity contribution in [2.75, 3.05) is 4.90 Å². The van der Waals surface area contributed by atoms with Gasteiger partial charge in [-0.05, 0) is 29.8 Å². The van der Waals surface area contributed by atoms with Crippen LogP contribution in [0.3, 0.4) is 0 Å². The third kappa shape index (κ3) is 2.97. The third-order valence-corrected chi connectivity index (χ3v) is 5.41. The van der Waals surface area contributed by atoms with Crippen LogP contribution in [-0.2, 0) is 11.3 Å². The van der Waals surface area contributed by atoms with Crippen LogP contribution in [0.4, 0.5) is 5.69 Å². The van der Waals surface area contributed by atoms with E-state index in [2.05, 4.69) is 18.2 Å². The van der Waals surface area contributed by atoms with Crippen molar-refractivity contribution in [2.24, 2.45) is 0 Å². The molecule has 3 aromatic rings. The molecule has 0 fully saturated rings. The summed E-state index contributed by atoms with van der Waals surface area (Å²) in [7, 11) is 0. The Morgan fingerprint density at radius 1 is 1.00 bits per heavy atom. The second kappa shape index (κ2) is 6.57. The maximum Gasteiger partial charge on any atom is 0.228 e. The van der Waals surface area contributed by atoms with Crippen LogP contribution in [0.25, 0.3) is 0 Å². The average molecular weight is 335 g/mol. The summed E-state index contributed by atoms with van der Waals surface area (Å²) < 4.78 is 5.55. The van der Waals surface area contributed by atoms with Gasteiger partial charge in [-0.1, -0.05) is 42.5 Å². The molecule has 1 amide bonds. The van der Waals surface area contributed by atoms with Crippen molar-refractivity contribution < 1.29 is 9.21 Å². The standard InChI is InChI=1S/C20H17NO2S/c22-20-13-19(17-10-6-12-23-17)24-18-11-5-4-9-16(18)21(20)14-15-7-2-1-3-8-15/h1-12,19H,13-14H2/t19-/m1/s1. The van der Waals surface area contributed by atoms with Gasteiger partial charge in [0.2, 0.25) is 5.91 Å². The second-order valence-electron chi connectivity index (χ2n) is 5.76. The molecule has 0 spiro atoms. The molecule has 1 aromatic heterocycles. The van der Waals surface area contributed by atoms with Crippen LogP contribution >= 0.6 is 11.8 Å². The van der Waals surface area contributed by atoms with Gasteiger partial charge >= 0.3 is 0 Å². The summed E-state index contributed by atoms with van der Waals surface area (Å²) in [5.41, 5.74) is 2.10. The highest BCUT2D eigenvalue weighted by Gasteiger charge is 2.30. The topological polar surface area (TPSA) is 33.5 Å². The first kappa shape index (κ1) is 15.1. The summed E-state index contributed by atoms with van der Waals surface area (Å²) in [6, 6.07) is 22.0. The zero-order chi connectivity index (χ0) is 16.4. The van der Waals surface area contributed by atoms with Crippen LogP contribution in [0.1, 0.15) is 23.0 Å². The molecule has 3 nitrogen and oxygen atoms in total. The normalized spacial score (nSPS) is 17.4. The number of hydrogen-bond acceptors (Lipinski definition) is 3. The van der Waals surface area contributed by atoms with Gasteiger partial charge in [-0.25, -0.2) is 0 Å². The number of para-hydroxylation sites is 1. The van der Waals surface area contributed by atoms with Crippen LogP contribution in [0.2, 0.25) is 0 Å². The van der Waals surface area contributed by atoms with E-state index in [1.54, 1.807) is 18.0 Å². The monoisotopic (exact) mass is 335 g/mol. The molecule has 4 rings (SSSR count). The number of anilines is 1. The molecule has 0 unspecified atom stereocenters. The molecule has 0 N–H and O–H groups in total. The smallest absolute Gasteiger partial charge is 0.228 e. The number of thioether (sulfide) groups is 1. The van der Waals surface area contributed by atoms with Gasteiger partial charge in [0.25, 0.3) is 0 Å². The first-order chi connectivity index (χ1) is 11.8. The van der Waals surface area contributed by atoms with Gasteiger partial charge in [0.1, 0.15) is 5.76 Å². The number of benzene rings is 2. The SMILES string of the molecule is O=C1C[C@H](c2ccco2)Sc2ccccc2N1Cc1ccccc1. The number of rotatable bonds is 3. The van der Waals surface area contributed by atoms with E-state index in [9.17, 15) is 4.79 Å². The number of nitrogens with zero attached hydrogens (tertiary/aromatic N) is 1. The van der Waals surface area contributed by atoms with Gasteiger partial charge in [0.15, 0.2) is 0 Å². The van der Waals surface area contributed by atoms with Crippen LogP contribution in [0.5, 0.6) is 0 Å². The van der Waals surface area contributed by atoms with Crippen LogP contribution < -0.4 is 4.90 Å². The van der Waals surface area contributed by atoms with E-state index in [4.69, 9.17) is 4.42 Å². The summed E-state index contributed by atoms with van der Waals surface area (Å²) >= 11 is 1.70. The Hall–Kier alpha value is -2.46. The molecule has 1 aliphatic heterocycles. The Morgan fingerprint density at radius 2 is 1.79 bits per heavy atom. The van der Waals surface area contributed by atoms with Gasteiger partial charge in [-0.3, -0.25) is 4.79 Å². The molecule has 0 saturated heterocycles. The maximum absolute atomic E-state index is 13.0. The predicted octanol–water partition coefficient (Wildman–Crippen LogP) is 5.05. The van der Waals surface area contributed by atoms with Crippen LogP contribution in [0.15, 0.2) is 82.3 Å². The van der Waals surface area contributed by atoms with Gasteiger partial charge in [-0.2, -0.15) is 0 Å². The van der Waals surface area contributed by atoms with Gasteiger partial charge in [0.05, 0.1) is 23.7 Å². The first-order valence-electron chi connectivity index (χ1n) is 7.94. The predicted molar refractivity (Wildman–Crippen MR) is 96.0 cm³/mol. The molecular formula is C20H17NO2S. The molecule has 0 aliphatic carbocycles. The molecule has 0 radical (unpaired) electrons. The van der Waals surface area contributed by atoms with Crippen molar-refractivity contribution in [3.8, 4) is 0 Å². The van der Waals surface area contributed by atoms with E-state index >= 15 is 0 Å². The highest BCUT2D eigenvalue weighted by atomic mass is 32.2. The van der Waals surface area contributed by atoms with E-state index in [-0.39, 0.29) is 11.2 Å². The van der Waals surface area contributed by atoms with Crippen molar-refractivity contribution in [1.82, 2.24) is 0 Å². The van der Waals surface area contributed by atoms with Gasteiger partial charge in [0, 0.05) is 11.3 Å². The number of furan rings is 1. The summed E-state index contributed by atoms with van der Waals surface area (Å²) in [6.45, 7) is 0.585. The summed E-state index contributed by atoms with van der Waals surface area (Å²) in [5, 5.41) is 0.00873. The molecule has 1 atom stereocenters. The summed E-state index contributed by atoms with van der Waals surface area (Å²) in [5.74, 6) is 0.974. The van der Waals surface area contributed by atoms with E-state index in [1.165, 1.54) is 0 Å². The third-order valence-electron chi connectivity index (χ3n) is 4.13. The van der Waals surface area contributed by atoms with E-state index in [0.29, 0.717) is 13.0 Å². The van der Waals surface area contributed by atoms with Crippen LogP contribution in [-0.4, -0.2) is 5.91 Å². The number of amides is 1. The molecule has 0 saturated carbocycles. The van der Waals surface area contributed by atoms with E-state index < -0.39 is 0 Å². The Morgan fingerprint density at radius 3 is 2.58 bits per heavy atom. The molecule has 4 heteroatoms. The molecule has 24 heavy (non-hydrogen) atoms. The lowest BCUT2D eigenvalue weighted by molar-refractivity contribution is -0.118. The molecular weight excluding hydrogens is 318 g/mol. The average Bonchev–Trinajstić information content (AvgIpc) is 3.11. The van der Waals surface area contributed by atoms with E-state index in [0.717, 1.165) is 21.9 Å². The van der Waals surface area contributed by atoms with Crippen molar-refractivity contribution >= 4 is 23.4 Å². The fourth-order valence-corrected chi connectivity index (χ4v) is 4.19. The lowest BCUT2D eigenvalue weighted by Crippen LogP contribution is -2.30. The van der Waals surface area contributed by atoms with Gasteiger partial charge < -0.3 is 9.32 Å². The molecule has 0 bridgehead atoms. The van der Waals surface area contributed by atoms with Crippen molar-refractivity contribution in [2.45, 2.75) is 23.1 Å². The zero-order valence-corrected chi connectivity index (χ0v) is 13.9. The molecule has 2 aromatic carbocycles. The zero-order valence-electron chi connectivity index (χ0n) is 13.1. The quantitative estimate of drug-likeness (QED) is 0.671. The molecule has 1 aliphatic rings. The molecule has 2 heterocycles. The molecule has 120 valence electrons. The highest BCUT2D eigenvalue weighted by molar-refractivity contribution is 7.99. The number of hydrogen-bond donors (Lipinski definition) is 0. The summed E-state index contributed by atoms with van der Waals surface area (Å²) in [6.07, 6.45) is 2.10. The Kier molecular flexibility index (Phi) is 4.13. The highest BCUT2D eigenvalue weighted by Crippen LogP contribution is 2.45. The lowest BCUT2D eigenvalue weighted by Gasteiger charge is -2.22. The largest absolute Gasteiger partial charge is 0.468 e. The first-order valence-corrected chi connectivity index (χ1v) is 8.82. The Bertz CT molecular complexity index is 830.